The van der Waals surface area contributed by atoms with Crippen LogP contribution in [0.2, 0.25) is 5.02 Å². The summed E-state index contributed by atoms with van der Waals surface area (Å²) in [5, 5.41) is 9.47. The predicted molar refractivity (Wildman–Crippen MR) is 105 cm³/mol. The van der Waals surface area contributed by atoms with Crippen LogP contribution in [0.5, 0.6) is 0 Å². The lowest BCUT2D eigenvalue weighted by Gasteiger charge is -2.39. The molecule has 2 aromatic carbocycles. The molecular formula is C21H23ClN2O3. The summed E-state index contributed by atoms with van der Waals surface area (Å²) in [4.78, 5) is 27.0. The minimum atomic E-state index is -0.936. The first-order chi connectivity index (χ1) is 13.0. The van der Waals surface area contributed by atoms with Gasteiger partial charge < -0.3 is 10.0 Å². The van der Waals surface area contributed by atoms with E-state index in [-0.39, 0.29) is 24.8 Å². The van der Waals surface area contributed by atoms with E-state index in [4.69, 9.17) is 16.7 Å². The Morgan fingerprint density at radius 3 is 2.07 bits per heavy atom. The number of carbonyl (C=O) groups excluding carboxylic acids is 1. The van der Waals surface area contributed by atoms with Gasteiger partial charge in [-0.2, -0.15) is 0 Å². The molecule has 0 spiro atoms. The average molecular weight is 387 g/mol. The van der Waals surface area contributed by atoms with Gasteiger partial charge in [0.2, 0.25) is 5.91 Å². The van der Waals surface area contributed by atoms with E-state index < -0.39 is 5.97 Å². The van der Waals surface area contributed by atoms with Crippen molar-refractivity contribution in [3.63, 3.8) is 0 Å². The number of hydrogen-bond acceptors (Lipinski definition) is 3. The smallest absolute Gasteiger partial charge is 0.303 e. The minimum absolute atomic E-state index is 0.0641. The average Bonchev–Trinajstić information content (AvgIpc) is 2.69. The van der Waals surface area contributed by atoms with Gasteiger partial charge in [-0.25, -0.2) is 0 Å². The zero-order valence-electron chi connectivity index (χ0n) is 15.1. The normalized spacial score (nSPS) is 16.1. The molecular weight excluding hydrogens is 364 g/mol. The van der Waals surface area contributed by atoms with Crippen LogP contribution >= 0.6 is 11.6 Å². The van der Waals surface area contributed by atoms with Gasteiger partial charge in [0, 0.05) is 37.6 Å². The fraction of sp³-hybridized carbons (Fsp3) is 0.333. The summed E-state index contributed by atoms with van der Waals surface area (Å²) in [7, 11) is 0. The van der Waals surface area contributed by atoms with Gasteiger partial charge in [0.25, 0.3) is 0 Å². The van der Waals surface area contributed by atoms with Crippen molar-refractivity contribution in [3.8, 4) is 0 Å². The molecule has 27 heavy (non-hydrogen) atoms. The Kier molecular flexibility index (Phi) is 6.48. The highest BCUT2D eigenvalue weighted by molar-refractivity contribution is 6.30. The van der Waals surface area contributed by atoms with Crippen LogP contribution in [0, 0.1) is 0 Å². The number of halogens is 1. The number of carboxylic acid groups (broad SMARTS) is 1. The molecule has 1 unspecified atom stereocenters. The van der Waals surface area contributed by atoms with Crippen molar-refractivity contribution in [1.82, 2.24) is 9.80 Å². The van der Waals surface area contributed by atoms with Crippen LogP contribution in [0.3, 0.4) is 0 Å². The zero-order valence-corrected chi connectivity index (χ0v) is 15.8. The summed E-state index contributed by atoms with van der Waals surface area (Å²) in [6.07, 6.45) is -0.0505. The number of amides is 1. The second-order valence-electron chi connectivity index (χ2n) is 6.68. The molecule has 5 nitrogen and oxygen atoms in total. The fourth-order valence-corrected chi connectivity index (χ4v) is 3.62. The van der Waals surface area contributed by atoms with Gasteiger partial charge in [0.15, 0.2) is 0 Å². The molecule has 1 heterocycles. The lowest BCUT2D eigenvalue weighted by molar-refractivity contribution is -0.141. The van der Waals surface area contributed by atoms with Crippen molar-refractivity contribution in [2.24, 2.45) is 0 Å². The molecule has 142 valence electrons. The molecule has 2 aromatic rings. The number of aliphatic carboxylic acids is 1. The Hall–Kier alpha value is -2.37. The zero-order chi connectivity index (χ0) is 19.2. The summed E-state index contributed by atoms with van der Waals surface area (Å²) < 4.78 is 0. The van der Waals surface area contributed by atoms with Crippen LogP contribution in [0.4, 0.5) is 0 Å². The van der Waals surface area contributed by atoms with Crippen molar-refractivity contribution in [3.05, 3.63) is 70.7 Å². The Balaban J connectivity index is 1.72. The molecule has 0 aromatic heterocycles. The monoisotopic (exact) mass is 386 g/mol. The van der Waals surface area contributed by atoms with Crippen molar-refractivity contribution in [2.75, 3.05) is 26.2 Å². The van der Waals surface area contributed by atoms with Gasteiger partial charge in [0.05, 0.1) is 12.5 Å². The predicted octanol–water partition coefficient (Wildman–Crippen LogP) is 3.44. The van der Waals surface area contributed by atoms with Crippen LogP contribution < -0.4 is 0 Å². The van der Waals surface area contributed by atoms with E-state index in [0.29, 0.717) is 18.1 Å². The highest BCUT2D eigenvalue weighted by Crippen LogP contribution is 2.30. The van der Waals surface area contributed by atoms with Gasteiger partial charge in [0.1, 0.15) is 0 Å². The van der Waals surface area contributed by atoms with Crippen LogP contribution in [-0.4, -0.2) is 53.0 Å². The van der Waals surface area contributed by atoms with Crippen molar-refractivity contribution in [2.45, 2.75) is 18.9 Å². The number of hydrogen-bond donors (Lipinski definition) is 1. The van der Waals surface area contributed by atoms with Gasteiger partial charge in [-0.05, 0) is 23.3 Å². The number of carbonyl (C=O) groups is 2. The van der Waals surface area contributed by atoms with Crippen molar-refractivity contribution < 1.29 is 14.7 Å². The maximum Gasteiger partial charge on any atom is 0.303 e. The van der Waals surface area contributed by atoms with E-state index in [1.165, 1.54) is 5.56 Å². The van der Waals surface area contributed by atoms with Crippen LogP contribution in [0.25, 0.3) is 0 Å². The number of benzene rings is 2. The molecule has 1 amide bonds. The number of carboxylic acids is 1. The maximum absolute atomic E-state index is 12.2. The standard InChI is InChI=1S/C21H23ClN2O3/c22-18-8-6-17(7-9-18)21(16-4-2-1-3-5-16)24-14-12-23(13-15-24)19(25)10-11-20(26)27/h1-9,21H,10-15H2,(H,26,27). The molecule has 1 saturated heterocycles. The highest BCUT2D eigenvalue weighted by Gasteiger charge is 2.28. The van der Waals surface area contributed by atoms with E-state index in [9.17, 15) is 9.59 Å². The van der Waals surface area contributed by atoms with Crippen LogP contribution in [-0.2, 0) is 9.59 Å². The first-order valence-electron chi connectivity index (χ1n) is 9.08. The molecule has 0 radical (unpaired) electrons. The lowest BCUT2D eigenvalue weighted by atomic mass is 9.96. The summed E-state index contributed by atoms with van der Waals surface area (Å²) in [6, 6.07) is 18.3. The van der Waals surface area contributed by atoms with Gasteiger partial charge in [-0.1, -0.05) is 54.1 Å². The van der Waals surface area contributed by atoms with Crippen LogP contribution in [0.15, 0.2) is 54.6 Å². The molecule has 0 aliphatic carbocycles. The molecule has 1 atom stereocenters. The first kappa shape index (κ1) is 19.4. The molecule has 1 aliphatic rings. The molecule has 0 saturated carbocycles. The third kappa shape index (κ3) is 5.08. The van der Waals surface area contributed by atoms with Crippen molar-refractivity contribution >= 4 is 23.5 Å². The molecule has 1 N–H and O–H groups in total. The van der Waals surface area contributed by atoms with Gasteiger partial charge >= 0.3 is 5.97 Å². The topological polar surface area (TPSA) is 60.9 Å². The van der Waals surface area contributed by atoms with Gasteiger partial charge in [-0.15, -0.1) is 0 Å². The van der Waals surface area contributed by atoms with Crippen molar-refractivity contribution in [1.29, 1.82) is 0 Å². The third-order valence-corrected chi connectivity index (χ3v) is 5.14. The Bertz CT molecular complexity index is 772. The third-order valence-electron chi connectivity index (χ3n) is 4.89. The molecule has 1 fully saturated rings. The second-order valence-corrected chi connectivity index (χ2v) is 7.11. The van der Waals surface area contributed by atoms with E-state index in [0.717, 1.165) is 18.7 Å². The number of rotatable bonds is 6. The molecule has 1 aliphatic heterocycles. The van der Waals surface area contributed by atoms with E-state index in [1.807, 2.05) is 42.5 Å². The number of piperazine rings is 1. The van der Waals surface area contributed by atoms with E-state index in [2.05, 4.69) is 17.0 Å². The Morgan fingerprint density at radius 1 is 0.889 bits per heavy atom. The lowest BCUT2D eigenvalue weighted by Crippen LogP contribution is -2.49. The second kappa shape index (κ2) is 9.02. The SMILES string of the molecule is O=C(O)CCC(=O)N1CCN(C(c2ccccc2)c2ccc(Cl)cc2)CC1. The fourth-order valence-electron chi connectivity index (χ4n) is 3.50. The van der Waals surface area contributed by atoms with Gasteiger partial charge in [-0.3, -0.25) is 14.5 Å². The summed E-state index contributed by atoms with van der Waals surface area (Å²) in [5.74, 6) is -1.02. The number of nitrogens with zero attached hydrogens (tertiary/aromatic N) is 2. The van der Waals surface area contributed by atoms with E-state index >= 15 is 0 Å². The Labute approximate surface area is 164 Å². The summed E-state index contributed by atoms with van der Waals surface area (Å²) in [5.41, 5.74) is 2.36. The summed E-state index contributed by atoms with van der Waals surface area (Å²) >= 11 is 6.05. The molecule has 3 rings (SSSR count). The first-order valence-corrected chi connectivity index (χ1v) is 9.46. The Morgan fingerprint density at radius 2 is 1.48 bits per heavy atom. The maximum atomic E-state index is 12.2. The molecule has 0 bridgehead atoms. The van der Waals surface area contributed by atoms with Crippen LogP contribution in [0.1, 0.15) is 30.0 Å². The highest BCUT2D eigenvalue weighted by atomic mass is 35.5. The largest absolute Gasteiger partial charge is 0.481 e. The summed E-state index contributed by atoms with van der Waals surface area (Å²) in [6.45, 7) is 2.69. The minimum Gasteiger partial charge on any atom is -0.481 e. The van der Waals surface area contributed by atoms with E-state index in [1.54, 1.807) is 4.90 Å². The molecule has 6 heteroatoms. The quantitative estimate of drug-likeness (QED) is 0.826.